The van der Waals surface area contributed by atoms with E-state index in [1.807, 2.05) is 0 Å². The number of thiophene rings is 2. The molecule has 1 aliphatic carbocycles. The fourth-order valence-electron chi connectivity index (χ4n) is 4.35. The zero-order chi connectivity index (χ0) is 23.3. The summed E-state index contributed by atoms with van der Waals surface area (Å²) in [7, 11) is 0. The molecule has 1 amide bonds. The van der Waals surface area contributed by atoms with Gasteiger partial charge in [0.05, 0.1) is 11.6 Å². The van der Waals surface area contributed by atoms with E-state index in [1.165, 1.54) is 22.7 Å². The number of carbonyl (C=O) groups excluding carboxylic acids is 1. The monoisotopic (exact) mass is 511 g/mol. The lowest BCUT2D eigenvalue weighted by Crippen LogP contribution is -2.35. The van der Waals surface area contributed by atoms with Crippen LogP contribution in [0.3, 0.4) is 0 Å². The molecule has 2 N–H and O–H groups in total. The second-order valence-corrected chi connectivity index (χ2v) is 10.4. The van der Waals surface area contributed by atoms with Crippen LogP contribution in [-0.2, 0) is 12.8 Å². The summed E-state index contributed by atoms with van der Waals surface area (Å²) in [5.74, 6) is -0.785. The van der Waals surface area contributed by atoms with E-state index in [0.717, 1.165) is 45.7 Å². The molecule has 12 heteroatoms. The van der Waals surface area contributed by atoms with Crippen LogP contribution < -0.4 is 10.6 Å². The van der Waals surface area contributed by atoms with Gasteiger partial charge in [-0.25, -0.2) is 4.68 Å². The highest BCUT2D eigenvalue weighted by Gasteiger charge is 2.48. The highest BCUT2D eigenvalue weighted by atomic mass is 35.5. The van der Waals surface area contributed by atoms with Gasteiger partial charge >= 0.3 is 6.18 Å². The molecule has 0 fully saturated rings. The highest BCUT2D eigenvalue weighted by molar-refractivity contribution is 7.16. The first kappa shape index (κ1) is 22.3. The number of nitriles is 1. The van der Waals surface area contributed by atoms with Crippen molar-refractivity contribution in [2.24, 2.45) is 0 Å². The predicted molar refractivity (Wildman–Crippen MR) is 121 cm³/mol. The van der Waals surface area contributed by atoms with Crippen LogP contribution in [0.1, 0.15) is 62.7 Å². The van der Waals surface area contributed by atoms with Crippen molar-refractivity contribution in [3.63, 3.8) is 0 Å². The van der Waals surface area contributed by atoms with Crippen LogP contribution in [0.25, 0.3) is 0 Å². The summed E-state index contributed by atoms with van der Waals surface area (Å²) in [6, 6.07) is 3.14. The molecule has 0 bridgehead atoms. The molecule has 0 saturated heterocycles. The number of amides is 1. The molecule has 2 atom stereocenters. The Bertz CT molecular complexity index is 1260. The summed E-state index contributed by atoms with van der Waals surface area (Å²) < 4.78 is 42.4. The summed E-state index contributed by atoms with van der Waals surface area (Å²) >= 11 is 9.06. The number of halogens is 4. The van der Waals surface area contributed by atoms with E-state index >= 15 is 0 Å². The summed E-state index contributed by atoms with van der Waals surface area (Å²) in [5.41, 5.74) is 1.04. The lowest BCUT2D eigenvalue weighted by molar-refractivity contribution is -0.173. The standard InChI is InChI=1S/C21H17ClF3N5OS2/c22-16-17(19(31)28-20-11(9-26)10-4-1-2-5-13(10)33-20)29-30-15(21(23,24)25)8-12(27-18(16)30)14-6-3-7-32-14/h3,6-7,12,15,27H,1-2,4-5,8H2,(H,28,31)/t12-,15-/m1/s1. The van der Waals surface area contributed by atoms with Crippen molar-refractivity contribution >= 4 is 51.0 Å². The Kier molecular flexibility index (Phi) is 5.63. The molecule has 3 aromatic heterocycles. The molecule has 0 unspecified atom stereocenters. The van der Waals surface area contributed by atoms with E-state index in [0.29, 0.717) is 10.6 Å². The number of nitrogens with zero attached hydrogens (tertiary/aromatic N) is 3. The van der Waals surface area contributed by atoms with Gasteiger partial charge in [0.1, 0.15) is 21.9 Å². The Morgan fingerprint density at radius 3 is 2.85 bits per heavy atom. The van der Waals surface area contributed by atoms with Crippen LogP contribution in [0, 0.1) is 11.3 Å². The molecular formula is C21H17ClF3N5OS2. The largest absolute Gasteiger partial charge is 0.410 e. The van der Waals surface area contributed by atoms with Gasteiger partial charge in [0.15, 0.2) is 11.7 Å². The van der Waals surface area contributed by atoms with E-state index in [-0.39, 0.29) is 23.0 Å². The Morgan fingerprint density at radius 1 is 1.36 bits per heavy atom. The molecule has 0 spiro atoms. The number of aryl methyl sites for hydroxylation is 1. The molecule has 0 aromatic carbocycles. The highest BCUT2D eigenvalue weighted by Crippen LogP contribution is 2.47. The number of aromatic nitrogens is 2. The summed E-state index contributed by atoms with van der Waals surface area (Å²) in [6.45, 7) is 0. The van der Waals surface area contributed by atoms with Crippen molar-refractivity contribution in [3.8, 4) is 6.07 Å². The molecule has 0 saturated carbocycles. The number of nitrogens with one attached hydrogen (secondary N) is 2. The van der Waals surface area contributed by atoms with Crippen molar-refractivity contribution in [1.82, 2.24) is 9.78 Å². The maximum Gasteiger partial charge on any atom is 0.410 e. The first-order valence-corrected chi connectivity index (χ1v) is 12.4. The van der Waals surface area contributed by atoms with Crippen molar-refractivity contribution in [2.45, 2.75) is 50.4 Å². The smallest absolute Gasteiger partial charge is 0.361 e. The minimum absolute atomic E-state index is 0.0419. The van der Waals surface area contributed by atoms with Gasteiger partial charge in [-0.1, -0.05) is 17.7 Å². The van der Waals surface area contributed by atoms with Gasteiger partial charge in [-0.2, -0.15) is 23.5 Å². The van der Waals surface area contributed by atoms with Crippen LogP contribution in [0.4, 0.5) is 24.0 Å². The fraction of sp³-hybridized carbons (Fsp3) is 0.381. The number of hydrogen-bond acceptors (Lipinski definition) is 6. The van der Waals surface area contributed by atoms with Crippen LogP contribution in [0.15, 0.2) is 17.5 Å². The third-order valence-corrected chi connectivity index (χ3v) is 8.46. The zero-order valence-corrected chi connectivity index (χ0v) is 19.4. The third-order valence-electron chi connectivity index (χ3n) is 5.91. The van der Waals surface area contributed by atoms with Gasteiger partial charge in [0.25, 0.3) is 5.91 Å². The first-order valence-electron chi connectivity index (χ1n) is 10.3. The van der Waals surface area contributed by atoms with E-state index in [2.05, 4.69) is 21.8 Å². The topological polar surface area (TPSA) is 82.7 Å². The Hall–Kier alpha value is -2.55. The van der Waals surface area contributed by atoms with Crippen molar-refractivity contribution in [3.05, 3.63) is 49.1 Å². The predicted octanol–water partition coefficient (Wildman–Crippen LogP) is 6.32. The number of anilines is 2. The number of fused-ring (bicyclic) bond motifs is 2. The quantitative estimate of drug-likeness (QED) is 0.431. The average Bonchev–Trinajstić information content (AvgIpc) is 3.50. The normalized spacial score (nSPS) is 19.8. The van der Waals surface area contributed by atoms with Gasteiger partial charge in [-0.3, -0.25) is 4.79 Å². The van der Waals surface area contributed by atoms with Crippen LogP contribution in [-0.4, -0.2) is 21.9 Å². The van der Waals surface area contributed by atoms with Gasteiger partial charge < -0.3 is 10.6 Å². The molecule has 6 nitrogen and oxygen atoms in total. The molecule has 1 aliphatic heterocycles. The van der Waals surface area contributed by atoms with Crippen LogP contribution in [0.2, 0.25) is 5.02 Å². The lowest BCUT2D eigenvalue weighted by Gasteiger charge is -2.32. The van der Waals surface area contributed by atoms with Gasteiger partial charge in [-0.05, 0) is 42.7 Å². The summed E-state index contributed by atoms with van der Waals surface area (Å²) in [6.07, 6.45) is -1.25. The Balaban J connectivity index is 1.49. The van der Waals surface area contributed by atoms with E-state index in [4.69, 9.17) is 11.6 Å². The number of alkyl halides is 3. The van der Waals surface area contributed by atoms with Gasteiger partial charge in [0, 0.05) is 16.2 Å². The van der Waals surface area contributed by atoms with Gasteiger partial charge in [0.2, 0.25) is 0 Å². The number of hydrogen-bond donors (Lipinski definition) is 2. The fourth-order valence-corrected chi connectivity index (χ4v) is 6.64. The molecule has 0 radical (unpaired) electrons. The second kappa shape index (κ2) is 8.34. The SMILES string of the molecule is N#Cc1c(NC(=O)c2nn3c(c2Cl)N[C@@H](c2cccs2)C[C@@H]3C(F)(F)F)sc2c1CCCC2. The Morgan fingerprint density at radius 2 is 2.15 bits per heavy atom. The molecule has 33 heavy (non-hydrogen) atoms. The first-order chi connectivity index (χ1) is 15.8. The number of rotatable bonds is 3. The van der Waals surface area contributed by atoms with Crippen LogP contribution >= 0.6 is 34.3 Å². The molecule has 2 aliphatic rings. The van der Waals surface area contributed by atoms with E-state index in [1.54, 1.807) is 17.5 Å². The summed E-state index contributed by atoms with van der Waals surface area (Å²) in [5, 5.41) is 21.2. The van der Waals surface area contributed by atoms with Crippen LogP contribution in [0.5, 0.6) is 0 Å². The maximum absolute atomic E-state index is 13.9. The minimum atomic E-state index is -4.57. The Labute approximate surface area is 200 Å². The lowest BCUT2D eigenvalue weighted by atomic mass is 9.96. The van der Waals surface area contributed by atoms with E-state index in [9.17, 15) is 23.2 Å². The van der Waals surface area contributed by atoms with Crippen molar-refractivity contribution < 1.29 is 18.0 Å². The second-order valence-electron chi connectivity index (χ2n) is 7.94. The summed E-state index contributed by atoms with van der Waals surface area (Å²) in [4.78, 5) is 14.8. The molecule has 4 heterocycles. The molecular weight excluding hydrogens is 495 g/mol. The van der Waals surface area contributed by atoms with Crippen molar-refractivity contribution in [1.29, 1.82) is 5.26 Å². The average molecular weight is 512 g/mol. The molecule has 5 rings (SSSR count). The minimum Gasteiger partial charge on any atom is -0.361 e. The number of carbonyl (C=O) groups is 1. The maximum atomic E-state index is 13.9. The molecule has 3 aromatic rings. The van der Waals surface area contributed by atoms with Crippen molar-refractivity contribution in [2.75, 3.05) is 10.6 Å². The zero-order valence-electron chi connectivity index (χ0n) is 17.0. The van der Waals surface area contributed by atoms with Gasteiger partial charge in [-0.15, -0.1) is 22.7 Å². The van der Waals surface area contributed by atoms with E-state index < -0.39 is 24.2 Å². The molecule has 172 valence electrons. The third kappa shape index (κ3) is 3.90.